The number of cyclic esters (lactones) is 1. The SMILES string of the molecule is CC12CCC3C(CCC4CC(OC5OC(CO)C(OC6OC(CO)C(O)C(O)C6O)C(O)C5O)CCC43C=O)C1(O)CCC2C1=CC(=O)OC1. The Balaban J connectivity index is 1.01. The summed E-state index contributed by atoms with van der Waals surface area (Å²) in [6.07, 6.45) is -7.24. The fourth-order valence-corrected chi connectivity index (χ4v) is 11.3. The third kappa shape index (κ3) is 5.62. The van der Waals surface area contributed by atoms with Crippen molar-refractivity contribution in [2.24, 2.45) is 34.5 Å². The third-order valence-electron chi connectivity index (χ3n) is 14.0. The van der Waals surface area contributed by atoms with Crippen LogP contribution >= 0.6 is 0 Å². The summed E-state index contributed by atoms with van der Waals surface area (Å²) in [6, 6.07) is 0. The predicted molar refractivity (Wildman–Crippen MR) is 167 cm³/mol. The van der Waals surface area contributed by atoms with Gasteiger partial charge in [-0.2, -0.15) is 0 Å². The van der Waals surface area contributed by atoms with Gasteiger partial charge in [0.25, 0.3) is 0 Å². The first-order chi connectivity index (χ1) is 23.8. The Bertz CT molecular complexity index is 1310. The second-order valence-electron chi connectivity index (χ2n) is 16.1. The van der Waals surface area contributed by atoms with E-state index in [0.29, 0.717) is 32.1 Å². The number of esters is 1. The summed E-state index contributed by atoms with van der Waals surface area (Å²) in [7, 11) is 0. The van der Waals surface area contributed by atoms with Crippen LogP contribution in [0.25, 0.3) is 0 Å². The molecule has 0 bridgehead atoms. The van der Waals surface area contributed by atoms with Gasteiger partial charge in [0.05, 0.1) is 24.9 Å². The Morgan fingerprint density at radius 1 is 0.820 bits per heavy atom. The Morgan fingerprint density at radius 2 is 1.52 bits per heavy atom. The molecule has 3 heterocycles. The van der Waals surface area contributed by atoms with Crippen LogP contribution in [0.3, 0.4) is 0 Å². The number of carbonyl (C=O) groups excluding carboxylic acids is 2. The molecule has 6 fully saturated rings. The van der Waals surface area contributed by atoms with Crippen LogP contribution in [0.5, 0.6) is 0 Å². The van der Waals surface area contributed by atoms with Crippen LogP contribution in [0.4, 0.5) is 0 Å². The van der Waals surface area contributed by atoms with Gasteiger partial charge in [0.2, 0.25) is 0 Å². The van der Waals surface area contributed by atoms with Crippen molar-refractivity contribution in [3.8, 4) is 0 Å². The number of aldehydes is 1. The zero-order valence-corrected chi connectivity index (χ0v) is 28.2. The summed E-state index contributed by atoms with van der Waals surface area (Å²) in [5.41, 5.74) is -1.08. The number of rotatable bonds is 8. The first kappa shape index (κ1) is 36.7. The van der Waals surface area contributed by atoms with Crippen molar-refractivity contribution in [2.75, 3.05) is 19.8 Å². The number of hydrogen-bond donors (Lipinski definition) is 8. The van der Waals surface area contributed by atoms with E-state index in [9.17, 15) is 50.4 Å². The molecular weight excluding hydrogens is 660 g/mol. The summed E-state index contributed by atoms with van der Waals surface area (Å²) >= 11 is 0. The highest BCUT2D eigenvalue weighted by atomic mass is 16.7. The van der Waals surface area contributed by atoms with Gasteiger partial charge in [-0.1, -0.05) is 6.92 Å². The molecule has 0 spiro atoms. The smallest absolute Gasteiger partial charge is 0.331 e. The second kappa shape index (κ2) is 13.7. The predicted octanol–water partition coefficient (Wildman–Crippen LogP) is -1.57. The van der Waals surface area contributed by atoms with Gasteiger partial charge in [-0.25, -0.2) is 4.79 Å². The molecule has 0 aromatic heterocycles. The number of hydrogen-bond acceptors (Lipinski definition) is 15. The molecule has 2 saturated heterocycles. The molecule has 0 aromatic carbocycles. The minimum atomic E-state index is -1.76. The van der Waals surface area contributed by atoms with E-state index in [4.69, 9.17) is 23.7 Å². The standard InChI is InChI=1S/C35H52O15/c1-33-7-5-20-21(35(33,45)9-6-19(33)16-10-24(39)46-14-16)3-2-17-11-18(4-8-34(17,20)15-38)47-31-29(44)27(42)30(23(13-37)49-31)50-32-28(43)26(41)25(40)22(12-36)48-32/h10,15,17-23,25-32,36-37,40-45H,2-9,11-14H2,1H3. The van der Waals surface area contributed by atoms with E-state index >= 15 is 0 Å². The monoisotopic (exact) mass is 712 g/mol. The van der Waals surface area contributed by atoms with Crippen molar-refractivity contribution in [3.05, 3.63) is 11.6 Å². The van der Waals surface area contributed by atoms with Crippen molar-refractivity contribution in [1.82, 2.24) is 0 Å². The molecule has 50 heavy (non-hydrogen) atoms. The fourth-order valence-electron chi connectivity index (χ4n) is 11.3. The van der Waals surface area contributed by atoms with Crippen LogP contribution < -0.4 is 0 Å². The molecule has 7 aliphatic rings. The third-order valence-corrected chi connectivity index (χ3v) is 14.0. The lowest BCUT2D eigenvalue weighted by atomic mass is 9.43. The van der Waals surface area contributed by atoms with Crippen LogP contribution in [0.15, 0.2) is 11.6 Å². The van der Waals surface area contributed by atoms with E-state index < -0.39 is 97.2 Å². The van der Waals surface area contributed by atoms with Crippen LogP contribution in [-0.2, 0) is 33.3 Å². The highest BCUT2D eigenvalue weighted by Gasteiger charge is 2.69. The fraction of sp³-hybridized carbons (Fsp3) is 0.886. The molecule has 4 saturated carbocycles. The van der Waals surface area contributed by atoms with Crippen molar-refractivity contribution < 1.29 is 74.1 Å². The van der Waals surface area contributed by atoms with E-state index in [1.807, 2.05) is 0 Å². The molecule has 15 nitrogen and oxygen atoms in total. The summed E-state index contributed by atoms with van der Waals surface area (Å²) in [4.78, 5) is 25.0. The highest BCUT2D eigenvalue weighted by Crippen LogP contribution is 2.69. The summed E-state index contributed by atoms with van der Waals surface area (Å²) < 4.78 is 28.4. The van der Waals surface area contributed by atoms with Crippen molar-refractivity contribution >= 4 is 12.3 Å². The molecule has 3 aliphatic heterocycles. The number of ether oxygens (including phenoxy) is 5. The lowest BCUT2D eigenvalue weighted by Gasteiger charge is -2.63. The first-order valence-electron chi connectivity index (χ1n) is 18.1. The van der Waals surface area contributed by atoms with Gasteiger partial charge in [-0.3, -0.25) is 0 Å². The molecular formula is C35H52O15. The molecule has 18 unspecified atom stereocenters. The largest absolute Gasteiger partial charge is 0.458 e. The van der Waals surface area contributed by atoms with Gasteiger partial charge in [0.1, 0.15) is 61.7 Å². The molecule has 7 rings (SSSR count). The molecule has 15 heteroatoms. The van der Waals surface area contributed by atoms with Crippen LogP contribution in [0, 0.1) is 34.5 Å². The Labute approximate surface area is 290 Å². The zero-order valence-electron chi connectivity index (χ0n) is 28.2. The maximum atomic E-state index is 13.1. The molecule has 0 aromatic rings. The minimum absolute atomic E-state index is 0.00981. The molecule has 18 atom stereocenters. The highest BCUT2D eigenvalue weighted by molar-refractivity contribution is 5.85. The average Bonchev–Trinajstić information content (AvgIpc) is 3.66. The average molecular weight is 713 g/mol. The van der Waals surface area contributed by atoms with Gasteiger partial charge < -0.3 is 69.3 Å². The lowest BCUT2D eigenvalue weighted by Crippen LogP contribution is -2.65. The van der Waals surface area contributed by atoms with Gasteiger partial charge >= 0.3 is 5.97 Å². The van der Waals surface area contributed by atoms with E-state index in [1.165, 1.54) is 0 Å². The summed E-state index contributed by atoms with van der Waals surface area (Å²) in [6.45, 7) is 1.05. The molecule has 282 valence electrons. The van der Waals surface area contributed by atoms with Crippen LogP contribution in [0.2, 0.25) is 0 Å². The molecule has 8 N–H and O–H groups in total. The van der Waals surface area contributed by atoms with Crippen LogP contribution in [0.1, 0.15) is 64.7 Å². The first-order valence-corrected chi connectivity index (χ1v) is 18.1. The van der Waals surface area contributed by atoms with E-state index in [2.05, 4.69) is 6.92 Å². The second-order valence-corrected chi connectivity index (χ2v) is 16.1. The molecule has 4 aliphatic carbocycles. The van der Waals surface area contributed by atoms with Crippen LogP contribution in [-0.4, -0.2) is 146 Å². The lowest BCUT2D eigenvalue weighted by molar-refractivity contribution is -0.364. The van der Waals surface area contributed by atoms with Gasteiger partial charge in [-0.05, 0) is 87.0 Å². The number of fused-ring (bicyclic) bond motifs is 5. The maximum absolute atomic E-state index is 13.1. The van der Waals surface area contributed by atoms with Crippen molar-refractivity contribution in [1.29, 1.82) is 0 Å². The minimum Gasteiger partial charge on any atom is -0.458 e. The van der Waals surface area contributed by atoms with E-state index in [-0.39, 0.29) is 36.2 Å². The van der Waals surface area contributed by atoms with Crippen molar-refractivity contribution in [2.45, 2.75) is 138 Å². The number of aliphatic hydroxyl groups is 8. The normalized spacial score (nSPS) is 53.5. The number of carbonyl (C=O) groups is 2. The van der Waals surface area contributed by atoms with Gasteiger partial charge in [0, 0.05) is 16.9 Å². The topological polar surface area (TPSA) is 242 Å². The van der Waals surface area contributed by atoms with E-state index in [1.54, 1.807) is 6.08 Å². The summed E-state index contributed by atoms with van der Waals surface area (Å²) in [5, 5.41) is 84.9. The van der Waals surface area contributed by atoms with Crippen molar-refractivity contribution in [3.63, 3.8) is 0 Å². The zero-order chi connectivity index (χ0) is 35.7. The summed E-state index contributed by atoms with van der Waals surface area (Å²) in [5.74, 6) is -0.384. The number of aliphatic hydroxyl groups excluding tert-OH is 7. The Kier molecular flexibility index (Phi) is 10.0. The molecule has 0 amide bonds. The van der Waals surface area contributed by atoms with E-state index in [0.717, 1.165) is 37.5 Å². The van der Waals surface area contributed by atoms with Gasteiger partial charge in [-0.15, -0.1) is 0 Å². The Morgan fingerprint density at radius 3 is 2.20 bits per heavy atom. The Hall–Kier alpha value is -1.60. The molecule has 0 radical (unpaired) electrons. The quantitative estimate of drug-likeness (QED) is 0.0806. The van der Waals surface area contributed by atoms with Gasteiger partial charge in [0.15, 0.2) is 12.6 Å². The maximum Gasteiger partial charge on any atom is 0.331 e.